The quantitative estimate of drug-likeness (QED) is 0.810. The van der Waals surface area contributed by atoms with Gasteiger partial charge in [-0.15, -0.1) is 0 Å². The number of hydrogen-bond acceptors (Lipinski definition) is 3. The van der Waals surface area contributed by atoms with E-state index in [0.29, 0.717) is 24.5 Å². The molecule has 1 saturated carbocycles. The molecule has 0 heterocycles. The van der Waals surface area contributed by atoms with Crippen LogP contribution in [-0.4, -0.2) is 25.3 Å². The maximum Gasteiger partial charge on any atom is 0.165 e. The molecule has 0 aromatic heterocycles. The van der Waals surface area contributed by atoms with Gasteiger partial charge >= 0.3 is 0 Å². The van der Waals surface area contributed by atoms with Crippen LogP contribution < -0.4 is 10.1 Å². The van der Waals surface area contributed by atoms with Crippen LogP contribution in [0.2, 0.25) is 0 Å². The van der Waals surface area contributed by atoms with Gasteiger partial charge in [-0.25, -0.2) is 4.39 Å². The van der Waals surface area contributed by atoms with Crippen LogP contribution in [0.25, 0.3) is 0 Å². The van der Waals surface area contributed by atoms with Crippen LogP contribution in [0.15, 0.2) is 18.2 Å². The Morgan fingerprint density at radius 1 is 1.33 bits per heavy atom. The average Bonchev–Trinajstić information content (AvgIpc) is 2.52. The summed E-state index contributed by atoms with van der Waals surface area (Å²) < 4.78 is 19.5. The Hall–Kier alpha value is -1.13. The molecule has 0 amide bonds. The molecule has 1 unspecified atom stereocenters. The van der Waals surface area contributed by atoms with Crippen LogP contribution in [-0.2, 0) is 0 Å². The summed E-state index contributed by atoms with van der Waals surface area (Å²) in [5.41, 5.74) is 0.713. The minimum atomic E-state index is -0.588. The topological polar surface area (TPSA) is 41.5 Å². The fourth-order valence-electron chi connectivity index (χ4n) is 2.85. The van der Waals surface area contributed by atoms with Crippen molar-refractivity contribution in [1.82, 2.24) is 5.32 Å². The van der Waals surface area contributed by atoms with Crippen LogP contribution >= 0.6 is 0 Å². The Labute approximate surface area is 126 Å². The maximum atomic E-state index is 13.8. The van der Waals surface area contributed by atoms with E-state index < -0.39 is 6.10 Å². The van der Waals surface area contributed by atoms with Crippen LogP contribution in [0.1, 0.15) is 50.2 Å². The fraction of sp³-hybridized carbons (Fsp3) is 0.647. The summed E-state index contributed by atoms with van der Waals surface area (Å²) in [5.74, 6) is 0.452. The van der Waals surface area contributed by atoms with Crippen LogP contribution in [0, 0.1) is 11.7 Å². The lowest BCUT2D eigenvalue weighted by atomic mass is 9.90. The van der Waals surface area contributed by atoms with E-state index in [9.17, 15) is 9.50 Å². The molecule has 1 aromatic carbocycles. The molecular formula is C17H26FNO2. The van der Waals surface area contributed by atoms with Crippen molar-refractivity contribution in [3.63, 3.8) is 0 Å². The van der Waals surface area contributed by atoms with Gasteiger partial charge in [0.25, 0.3) is 0 Å². The molecule has 21 heavy (non-hydrogen) atoms. The second kappa shape index (κ2) is 8.35. The van der Waals surface area contributed by atoms with Crippen LogP contribution in [0.5, 0.6) is 5.75 Å². The zero-order valence-electron chi connectivity index (χ0n) is 12.8. The second-order valence-corrected chi connectivity index (χ2v) is 5.91. The number of ether oxygens (including phenoxy) is 1. The monoisotopic (exact) mass is 295 g/mol. The first-order valence-corrected chi connectivity index (χ1v) is 7.95. The molecule has 1 aromatic rings. The molecule has 1 atom stereocenters. The van der Waals surface area contributed by atoms with Gasteiger partial charge in [0.2, 0.25) is 0 Å². The van der Waals surface area contributed by atoms with E-state index in [1.54, 1.807) is 12.1 Å². The van der Waals surface area contributed by atoms with Gasteiger partial charge in [0, 0.05) is 0 Å². The fourth-order valence-corrected chi connectivity index (χ4v) is 2.85. The number of rotatable bonds is 7. The highest BCUT2D eigenvalue weighted by Crippen LogP contribution is 2.27. The molecule has 0 saturated heterocycles. The summed E-state index contributed by atoms with van der Waals surface area (Å²) in [6, 6.07) is 4.65. The largest absolute Gasteiger partial charge is 0.490 e. The molecule has 0 bridgehead atoms. The Bertz CT molecular complexity index is 433. The Balaban J connectivity index is 1.94. The van der Waals surface area contributed by atoms with E-state index in [1.165, 1.54) is 38.2 Å². The van der Waals surface area contributed by atoms with Gasteiger partial charge in [-0.1, -0.05) is 25.3 Å². The van der Waals surface area contributed by atoms with Gasteiger partial charge in [-0.2, -0.15) is 0 Å². The number of aliphatic hydroxyl groups excluding tert-OH is 1. The average molecular weight is 295 g/mol. The zero-order valence-corrected chi connectivity index (χ0v) is 12.8. The normalized spacial score (nSPS) is 17.7. The number of benzene rings is 1. The molecule has 1 fully saturated rings. The molecule has 118 valence electrons. The standard InChI is InChI=1S/C17H26FNO2/c1-19-10-9-16(20)14-7-8-15(18)17(11-14)21-12-13-5-3-2-4-6-13/h7-8,11,13,16,19-20H,2-6,9-10,12H2,1H3. The minimum Gasteiger partial charge on any atom is -0.490 e. The molecule has 0 spiro atoms. The molecule has 1 aliphatic rings. The molecule has 4 heteroatoms. The van der Waals surface area contributed by atoms with Crippen molar-refractivity contribution in [1.29, 1.82) is 0 Å². The third-order valence-electron chi connectivity index (χ3n) is 4.21. The summed E-state index contributed by atoms with van der Waals surface area (Å²) in [7, 11) is 1.84. The van der Waals surface area contributed by atoms with Crippen molar-refractivity contribution in [2.45, 2.75) is 44.6 Å². The summed E-state index contributed by atoms with van der Waals surface area (Å²) in [6.07, 6.45) is 6.16. The number of hydrogen-bond donors (Lipinski definition) is 2. The molecule has 2 N–H and O–H groups in total. The van der Waals surface area contributed by atoms with Crippen molar-refractivity contribution < 1.29 is 14.2 Å². The van der Waals surface area contributed by atoms with Crippen molar-refractivity contribution >= 4 is 0 Å². The van der Waals surface area contributed by atoms with Crippen molar-refractivity contribution in [2.75, 3.05) is 20.2 Å². The van der Waals surface area contributed by atoms with Crippen molar-refractivity contribution in [2.24, 2.45) is 5.92 Å². The lowest BCUT2D eigenvalue weighted by Gasteiger charge is -2.22. The predicted molar refractivity (Wildman–Crippen MR) is 82.0 cm³/mol. The lowest BCUT2D eigenvalue weighted by Crippen LogP contribution is -2.16. The summed E-state index contributed by atoms with van der Waals surface area (Å²) in [4.78, 5) is 0. The van der Waals surface area contributed by atoms with E-state index in [1.807, 2.05) is 7.05 Å². The summed E-state index contributed by atoms with van der Waals surface area (Å²) in [6.45, 7) is 1.30. The third kappa shape index (κ3) is 4.97. The number of aliphatic hydroxyl groups is 1. The third-order valence-corrected chi connectivity index (χ3v) is 4.21. The highest BCUT2D eigenvalue weighted by Gasteiger charge is 2.16. The lowest BCUT2D eigenvalue weighted by molar-refractivity contribution is 0.165. The maximum absolute atomic E-state index is 13.8. The van der Waals surface area contributed by atoms with E-state index in [-0.39, 0.29) is 11.6 Å². The Morgan fingerprint density at radius 3 is 2.81 bits per heavy atom. The van der Waals surface area contributed by atoms with Gasteiger partial charge in [-0.3, -0.25) is 0 Å². The second-order valence-electron chi connectivity index (χ2n) is 5.91. The molecule has 1 aliphatic carbocycles. The SMILES string of the molecule is CNCCC(O)c1ccc(F)c(OCC2CCCCC2)c1. The van der Waals surface area contributed by atoms with Gasteiger partial charge in [0.05, 0.1) is 12.7 Å². The van der Waals surface area contributed by atoms with Gasteiger partial charge in [0.1, 0.15) is 0 Å². The molecule has 0 radical (unpaired) electrons. The van der Waals surface area contributed by atoms with E-state index in [2.05, 4.69) is 5.32 Å². The van der Waals surface area contributed by atoms with Gasteiger partial charge in [0.15, 0.2) is 11.6 Å². The van der Waals surface area contributed by atoms with E-state index in [0.717, 1.165) is 6.54 Å². The highest BCUT2D eigenvalue weighted by atomic mass is 19.1. The Morgan fingerprint density at radius 2 is 2.10 bits per heavy atom. The van der Waals surface area contributed by atoms with E-state index >= 15 is 0 Å². The van der Waals surface area contributed by atoms with Crippen molar-refractivity contribution in [3.05, 3.63) is 29.6 Å². The van der Waals surface area contributed by atoms with Gasteiger partial charge < -0.3 is 15.2 Å². The minimum absolute atomic E-state index is 0.265. The highest BCUT2D eigenvalue weighted by molar-refractivity contribution is 5.31. The van der Waals surface area contributed by atoms with Crippen LogP contribution in [0.4, 0.5) is 4.39 Å². The van der Waals surface area contributed by atoms with Crippen molar-refractivity contribution in [3.8, 4) is 5.75 Å². The number of halogens is 1. The first-order chi connectivity index (χ1) is 10.2. The summed E-state index contributed by atoms with van der Waals surface area (Å²) in [5, 5.41) is 13.1. The zero-order chi connectivity index (χ0) is 15.1. The smallest absolute Gasteiger partial charge is 0.165 e. The molecule has 2 rings (SSSR count). The van der Waals surface area contributed by atoms with E-state index in [4.69, 9.17) is 4.74 Å². The predicted octanol–water partition coefficient (Wildman–Crippen LogP) is 3.43. The Kier molecular flexibility index (Phi) is 6.46. The van der Waals surface area contributed by atoms with Gasteiger partial charge in [-0.05, 0) is 56.5 Å². The molecule has 0 aliphatic heterocycles. The summed E-state index contributed by atoms with van der Waals surface area (Å²) >= 11 is 0. The first kappa shape index (κ1) is 16.2. The number of nitrogens with one attached hydrogen (secondary N) is 1. The molecular weight excluding hydrogens is 269 g/mol. The molecule has 3 nitrogen and oxygen atoms in total. The van der Waals surface area contributed by atoms with Crippen LogP contribution in [0.3, 0.4) is 0 Å². The first-order valence-electron chi connectivity index (χ1n) is 7.95.